The van der Waals surface area contributed by atoms with Crippen LogP contribution in [0.25, 0.3) is 0 Å². The first-order valence-electron chi connectivity index (χ1n) is 2.84. The van der Waals surface area contributed by atoms with E-state index in [-0.39, 0.29) is 0 Å². The third-order valence-corrected chi connectivity index (χ3v) is 1.09. The second kappa shape index (κ2) is 4.14. The summed E-state index contributed by atoms with van der Waals surface area (Å²) in [7, 11) is -4.45. The summed E-state index contributed by atoms with van der Waals surface area (Å²) in [5.41, 5.74) is 1.61. The second-order valence-electron chi connectivity index (χ2n) is 2.00. The van der Waals surface area contributed by atoms with Crippen LogP contribution in [0.15, 0.2) is 0 Å². The van der Waals surface area contributed by atoms with Gasteiger partial charge in [-0.25, -0.2) is 0 Å². The van der Waals surface area contributed by atoms with Gasteiger partial charge in [-0.1, -0.05) is 0 Å². The second-order valence-corrected chi connectivity index (χ2v) is 3.16. The van der Waals surface area contributed by atoms with Crippen molar-refractivity contribution in [2.75, 3.05) is 0 Å². The van der Waals surface area contributed by atoms with Crippen molar-refractivity contribution >= 4 is 22.0 Å². The minimum atomic E-state index is -4.45. The molecule has 1 amide bonds. The summed E-state index contributed by atoms with van der Waals surface area (Å²) in [5, 5.41) is 0. The van der Waals surface area contributed by atoms with E-state index in [2.05, 4.69) is 0 Å². The maximum Gasteiger partial charge on any atom is 0.350 e. The molecule has 7 nitrogen and oxygen atoms in total. The highest BCUT2D eigenvalue weighted by atomic mass is 32.2. The molecule has 12 heavy (non-hydrogen) atoms. The summed E-state index contributed by atoms with van der Waals surface area (Å²) < 4.78 is 28.0. The van der Waals surface area contributed by atoms with Gasteiger partial charge in [-0.05, 0) is 6.92 Å². The molecule has 8 heteroatoms. The highest BCUT2D eigenvalue weighted by molar-refractivity contribution is 7.83. The molecule has 0 aliphatic rings. The van der Waals surface area contributed by atoms with Crippen LogP contribution in [0.4, 0.5) is 0 Å². The van der Waals surface area contributed by atoms with Gasteiger partial charge in [0.2, 0.25) is 5.91 Å². The summed E-state index contributed by atoms with van der Waals surface area (Å²) in [5.74, 6) is -1.25. The van der Waals surface area contributed by atoms with Crippen molar-refractivity contribution in [2.24, 2.45) is 0 Å². The molecule has 0 rings (SSSR count). The van der Waals surface area contributed by atoms with E-state index in [0.717, 1.165) is 0 Å². The number of hydrazine groups is 1. The number of rotatable bonds is 4. The average molecular weight is 196 g/mol. The van der Waals surface area contributed by atoms with Crippen LogP contribution >= 0.6 is 0 Å². The molecule has 0 spiro atoms. The molecule has 0 unspecified atom stereocenters. The van der Waals surface area contributed by atoms with Gasteiger partial charge in [-0.15, -0.1) is 4.83 Å². The maximum atomic E-state index is 10.5. The molecule has 0 aromatic rings. The van der Waals surface area contributed by atoms with Gasteiger partial charge < -0.3 is 0 Å². The Bertz CT molecular complexity index is 282. The van der Waals surface area contributed by atoms with Gasteiger partial charge in [0.25, 0.3) is 0 Å². The number of carbonyl (C=O) groups excluding carboxylic acids is 2. The fraction of sp³-hybridized carbons (Fsp3) is 0.500. The van der Waals surface area contributed by atoms with Gasteiger partial charge in [0.15, 0.2) is 0 Å². The van der Waals surface area contributed by atoms with E-state index in [1.165, 1.54) is 11.8 Å². The maximum absolute atomic E-state index is 10.5. The summed E-state index contributed by atoms with van der Waals surface area (Å²) in [6, 6.07) is 0. The van der Waals surface area contributed by atoms with Crippen molar-refractivity contribution < 1.29 is 22.6 Å². The molecule has 0 radical (unpaired) electrons. The lowest BCUT2D eigenvalue weighted by Gasteiger charge is -2.01. The number of Topliss-reactive ketones (excluding diaryl/α,β-unsaturated/α-hetero) is 1. The Kier molecular flexibility index (Phi) is 3.80. The normalized spacial score (nSPS) is 10.8. The Hall–Kier alpha value is -0.990. The molecule has 0 heterocycles. The zero-order chi connectivity index (χ0) is 9.78. The standard InChI is InChI=1S/C4H8N2O5S/c1-3(7)2-4(8)5-6-12(9,10)11/h6H,2H2,1H3,(H,5,8)(H,9,10,11). The zero-order valence-electron chi connectivity index (χ0n) is 6.20. The lowest BCUT2D eigenvalue weighted by atomic mass is 10.3. The molecule has 0 aliphatic heterocycles. The predicted molar refractivity (Wildman–Crippen MR) is 38.1 cm³/mol. The summed E-state index contributed by atoms with van der Waals surface area (Å²) in [6.07, 6.45) is -0.442. The van der Waals surface area contributed by atoms with E-state index < -0.39 is 28.4 Å². The van der Waals surface area contributed by atoms with Crippen molar-refractivity contribution in [2.45, 2.75) is 13.3 Å². The number of carbonyl (C=O) groups is 2. The number of nitrogens with one attached hydrogen (secondary N) is 2. The van der Waals surface area contributed by atoms with Gasteiger partial charge in [0, 0.05) is 0 Å². The topological polar surface area (TPSA) is 113 Å². The van der Waals surface area contributed by atoms with Gasteiger partial charge in [0.1, 0.15) is 5.78 Å². The van der Waals surface area contributed by atoms with Crippen LogP contribution in [0.5, 0.6) is 0 Å². The molecule has 0 aliphatic carbocycles. The summed E-state index contributed by atoms with van der Waals surface area (Å²) >= 11 is 0. The van der Waals surface area contributed by atoms with Gasteiger partial charge in [0.05, 0.1) is 6.42 Å². The van der Waals surface area contributed by atoms with Crippen LogP contribution in [-0.4, -0.2) is 24.7 Å². The Morgan fingerprint density at radius 3 is 2.25 bits per heavy atom. The zero-order valence-corrected chi connectivity index (χ0v) is 7.01. The van der Waals surface area contributed by atoms with Crippen LogP contribution in [0, 0.1) is 0 Å². The molecule has 0 bridgehead atoms. The SMILES string of the molecule is CC(=O)CC(=O)NNS(=O)(=O)O. The fourth-order valence-corrected chi connectivity index (χ4v) is 0.635. The minimum absolute atomic E-state index is 0.412. The Labute approximate surface area is 69.0 Å². The van der Waals surface area contributed by atoms with E-state index >= 15 is 0 Å². The number of hydrogen-bond donors (Lipinski definition) is 3. The fourth-order valence-electron chi connectivity index (χ4n) is 0.392. The lowest BCUT2D eigenvalue weighted by Crippen LogP contribution is -2.41. The molecule has 0 fully saturated rings. The predicted octanol–water partition coefficient (Wildman–Crippen LogP) is -1.61. The quantitative estimate of drug-likeness (QED) is 0.284. The molecular weight excluding hydrogens is 188 g/mol. The molecule has 70 valence electrons. The Morgan fingerprint density at radius 1 is 1.42 bits per heavy atom. The van der Waals surface area contributed by atoms with Gasteiger partial charge in [-0.2, -0.15) is 8.42 Å². The van der Waals surface area contributed by atoms with E-state index in [0.29, 0.717) is 0 Å². The van der Waals surface area contributed by atoms with Gasteiger partial charge in [-0.3, -0.25) is 19.6 Å². The molecule has 3 N–H and O–H groups in total. The first kappa shape index (κ1) is 11.0. The van der Waals surface area contributed by atoms with Crippen LogP contribution in [-0.2, 0) is 19.9 Å². The number of amides is 1. The monoisotopic (exact) mass is 196 g/mol. The van der Waals surface area contributed by atoms with E-state index in [1.54, 1.807) is 5.43 Å². The number of hydrogen-bond acceptors (Lipinski definition) is 4. The van der Waals surface area contributed by atoms with Crippen LogP contribution in [0.2, 0.25) is 0 Å². The smallest absolute Gasteiger partial charge is 0.299 e. The van der Waals surface area contributed by atoms with Crippen molar-refractivity contribution in [3.8, 4) is 0 Å². The van der Waals surface area contributed by atoms with E-state index in [1.807, 2.05) is 0 Å². The van der Waals surface area contributed by atoms with Crippen molar-refractivity contribution in [3.05, 3.63) is 0 Å². The Balaban J connectivity index is 3.81. The molecule has 0 saturated heterocycles. The number of ketones is 1. The molecule has 0 saturated carbocycles. The third-order valence-electron chi connectivity index (χ3n) is 0.729. The van der Waals surface area contributed by atoms with E-state index in [4.69, 9.17) is 4.55 Å². The molecule has 0 aromatic heterocycles. The first-order valence-corrected chi connectivity index (χ1v) is 4.28. The summed E-state index contributed by atoms with van der Waals surface area (Å²) in [4.78, 5) is 22.1. The highest BCUT2D eigenvalue weighted by Gasteiger charge is 2.07. The largest absolute Gasteiger partial charge is 0.350 e. The van der Waals surface area contributed by atoms with Crippen LogP contribution in [0.1, 0.15) is 13.3 Å². The lowest BCUT2D eigenvalue weighted by molar-refractivity contribution is -0.127. The average Bonchev–Trinajstić information content (AvgIpc) is 1.80. The molecule has 0 atom stereocenters. The summed E-state index contributed by atoms with van der Waals surface area (Å²) in [6.45, 7) is 1.17. The highest BCUT2D eigenvalue weighted by Crippen LogP contribution is 1.79. The van der Waals surface area contributed by atoms with E-state index in [9.17, 15) is 18.0 Å². The van der Waals surface area contributed by atoms with Crippen molar-refractivity contribution in [3.63, 3.8) is 0 Å². The van der Waals surface area contributed by atoms with Crippen molar-refractivity contribution in [1.29, 1.82) is 0 Å². The minimum Gasteiger partial charge on any atom is -0.299 e. The van der Waals surface area contributed by atoms with Crippen LogP contribution in [0.3, 0.4) is 0 Å². The molecule has 0 aromatic carbocycles. The van der Waals surface area contributed by atoms with Crippen LogP contribution < -0.4 is 10.3 Å². The van der Waals surface area contributed by atoms with Crippen molar-refractivity contribution in [1.82, 2.24) is 10.3 Å². The first-order chi connectivity index (χ1) is 5.31. The molecular formula is C4H8N2O5S. The third kappa shape index (κ3) is 7.12. The Morgan fingerprint density at radius 2 is 1.92 bits per heavy atom. The van der Waals surface area contributed by atoms with Gasteiger partial charge >= 0.3 is 10.3 Å².